The van der Waals surface area contributed by atoms with E-state index in [0.29, 0.717) is 21.0 Å². The van der Waals surface area contributed by atoms with Crippen LogP contribution in [0.4, 0.5) is 0 Å². The van der Waals surface area contributed by atoms with Gasteiger partial charge in [0.1, 0.15) is 5.15 Å². The van der Waals surface area contributed by atoms with E-state index in [-0.39, 0.29) is 22.1 Å². The fourth-order valence-electron chi connectivity index (χ4n) is 2.57. The van der Waals surface area contributed by atoms with Crippen LogP contribution in [0.1, 0.15) is 31.2 Å². The monoisotopic (exact) mass is 463 g/mol. The number of carbonyl (C=O) groups is 2. The summed E-state index contributed by atoms with van der Waals surface area (Å²) >= 11 is 13.2. The molecule has 1 N–H and O–H groups in total. The van der Waals surface area contributed by atoms with Crippen LogP contribution in [0.15, 0.2) is 58.4 Å². The van der Waals surface area contributed by atoms with Crippen LogP contribution in [0.3, 0.4) is 0 Å². The van der Waals surface area contributed by atoms with Crippen molar-refractivity contribution < 1.29 is 14.3 Å². The molecule has 0 unspecified atom stereocenters. The van der Waals surface area contributed by atoms with Crippen molar-refractivity contribution in [3.63, 3.8) is 0 Å². The summed E-state index contributed by atoms with van der Waals surface area (Å²) in [6.07, 6.45) is 1.30. The highest BCUT2D eigenvalue weighted by molar-refractivity contribution is 7.11. The van der Waals surface area contributed by atoms with Gasteiger partial charge in [-0.1, -0.05) is 58.8 Å². The van der Waals surface area contributed by atoms with Crippen LogP contribution >= 0.6 is 34.5 Å². The Morgan fingerprint density at radius 3 is 2.70 bits per heavy atom. The Bertz CT molecular complexity index is 1190. The van der Waals surface area contributed by atoms with Crippen LogP contribution in [0, 0.1) is 0 Å². The standard InChI is InChI=1S/C20H15Cl2N3O4S/c1-29-19(27)13-6-4-5-12(9-13)11-25-17(22)16(30-20(25)28)10-23-24-18(26)14-7-2-3-8-15(14)21/h2-10H,11H2,1H3,(H,24,26)/b23-10+. The van der Waals surface area contributed by atoms with Crippen molar-refractivity contribution >= 4 is 52.6 Å². The van der Waals surface area contributed by atoms with E-state index in [9.17, 15) is 14.4 Å². The van der Waals surface area contributed by atoms with Gasteiger partial charge in [-0.05, 0) is 29.8 Å². The van der Waals surface area contributed by atoms with Crippen LogP contribution in [0.25, 0.3) is 0 Å². The summed E-state index contributed by atoms with van der Waals surface area (Å²) in [6.45, 7) is 0.165. The molecule has 30 heavy (non-hydrogen) atoms. The highest BCUT2D eigenvalue weighted by Gasteiger charge is 2.14. The van der Waals surface area contributed by atoms with E-state index < -0.39 is 11.9 Å². The first-order valence-corrected chi connectivity index (χ1v) is 10.1. The van der Waals surface area contributed by atoms with Gasteiger partial charge >= 0.3 is 10.8 Å². The largest absolute Gasteiger partial charge is 0.465 e. The number of ether oxygens (including phenoxy) is 1. The van der Waals surface area contributed by atoms with Gasteiger partial charge in [0.15, 0.2) is 0 Å². The van der Waals surface area contributed by atoms with Gasteiger partial charge in [-0.25, -0.2) is 10.2 Å². The van der Waals surface area contributed by atoms with E-state index in [1.165, 1.54) is 17.9 Å². The zero-order chi connectivity index (χ0) is 21.7. The van der Waals surface area contributed by atoms with E-state index in [0.717, 1.165) is 11.3 Å². The van der Waals surface area contributed by atoms with Crippen LogP contribution in [0.2, 0.25) is 10.2 Å². The molecule has 0 radical (unpaired) electrons. The van der Waals surface area contributed by atoms with Gasteiger partial charge in [0, 0.05) is 0 Å². The molecule has 10 heteroatoms. The summed E-state index contributed by atoms with van der Waals surface area (Å²) in [5.74, 6) is -0.956. The number of carbonyl (C=O) groups excluding carboxylic acids is 2. The fourth-order valence-corrected chi connectivity index (χ4v) is 3.90. The molecule has 3 aromatic rings. The van der Waals surface area contributed by atoms with Crippen molar-refractivity contribution in [2.24, 2.45) is 5.10 Å². The Balaban J connectivity index is 1.75. The number of benzene rings is 2. The minimum atomic E-state index is -0.487. The van der Waals surface area contributed by atoms with E-state index in [4.69, 9.17) is 27.9 Å². The molecule has 0 saturated heterocycles. The van der Waals surface area contributed by atoms with Crippen LogP contribution < -0.4 is 10.3 Å². The zero-order valence-electron chi connectivity index (χ0n) is 15.6. The molecule has 1 amide bonds. The Morgan fingerprint density at radius 2 is 1.97 bits per heavy atom. The molecular formula is C20H15Cl2N3O4S. The summed E-state index contributed by atoms with van der Waals surface area (Å²) in [5, 5.41) is 4.33. The van der Waals surface area contributed by atoms with Crippen LogP contribution in [-0.2, 0) is 11.3 Å². The number of methoxy groups -OCH3 is 1. The second kappa shape index (κ2) is 9.71. The Morgan fingerprint density at radius 1 is 1.20 bits per heavy atom. The summed E-state index contributed by atoms with van der Waals surface area (Å²) in [7, 11) is 1.30. The molecule has 0 aliphatic rings. The van der Waals surface area contributed by atoms with Crippen molar-refractivity contribution in [1.29, 1.82) is 0 Å². The Hall–Kier alpha value is -2.94. The first-order valence-electron chi connectivity index (χ1n) is 8.55. The Labute approximate surface area is 185 Å². The molecule has 0 aliphatic carbocycles. The maximum Gasteiger partial charge on any atom is 0.337 e. The van der Waals surface area contributed by atoms with Crippen molar-refractivity contribution in [3.8, 4) is 0 Å². The minimum absolute atomic E-state index is 0.165. The van der Waals surface area contributed by atoms with Crippen molar-refractivity contribution in [2.75, 3.05) is 7.11 Å². The number of amides is 1. The highest BCUT2D eigenvalue weighted by Crippen LogP contribution is 2.19. The topological polar surface area (TPSA) is 89.8 Å². The highest BCUT2D eigenvalue weighted by atomic mass is 35.5. The van der Waals surface area contributed by atoms with Crippen LogP contribution in [-0.4, -0.2) is 29.8 Å². The van der Waals surface area contributed by atoms with Crippen molar-refractivity contribution in [2.45, 2.75) is 6.54 Å². The summed E-state index contributed by atoms with van der Waals surface area (Å²) in [6, 6.07) is 13.3. The van der Waals surface area contributed by atoms with Gasteiger partial charge < -0.3 is 4.74 Å². The lowest BCUT2D eigenvalue weighted by atomic mass is 10.1. The number of halogens is 2. The van der Waals surface area contributed by atoms with Gasteiger partial charge in [0.2, 0.25) is 0 Å². The summed E-state index contributed by atoms with van der Waals surface area (Å²) in [4.78, 5) is 36.2. The molecule has 1 heterocycles. The van der Waals surface area contributed by atoms with Gasteiger partial charge in [-0.15, -0.1) is 0 Å². The molecule has 1 aromatic heterocycles. The second-order valence-corrected chi connectivity index (χ2v) is 7.74. The average molecular weight is 464 g/mol. The predicted octanol–water partition coefficient (Wildman–Crippen LogP) is 3.82. The minimum Gasteiger partial charge on any atom is -0.465 e. The summed E-state index contributed by atoms with van der Waals surface area (Å²) in [5.41, 5.74) is 3.71. The van der Waals surface area contributed by atoms with Gasteiger partial charge in [0.05, 0.1) is 40.9 Å². The number of thiazole rings is 1. The summed E-state index contributed by atoms with van der Waals surface area (Å²) < 4.78 is 6.05. The van der Waals surface area contributed by atoms with E-state index in [2.05, 4.69) is 10.5 Å². The molecular weight excluding hydrogens is 449 g/mol. The molecule has 0 spiro atoms. The number of hydrazone groups is 1. The smallest absolute Gasteiger partial charge is 0.337 e. The molecule has 3 rings (SSSR count). The number of hydrogen-bond acceptors (Lipinski definition) is 6. The maximum atomic E-state index is 12.3. The number of hydrogen-bond donors (Lipinski definition) is 1. The number of esters is 1. The first-order chi connectivity index (χ1) is 14.4. The maximum absolute atomic E-state index is 12.3. The molecule has 0 bridgehead atoms. The van der Waals surface area contributed by atoms with E-state index in [1.807, 2.05) is 0 Å². The molecule has 154 valence electrons. The third-order valence-corrected chi connectivity index (χ3v) is 5.78. The van der Waals surface area contributed by atoms with Crippen molar-refractivity contribution in [1.82, 2.24) is 9.99 Å². The average Bonchev–Trinajstić information content (AvgIpc) is 3.01. The number of rotatable bonds is 6. The quantitative estimate of drug-likeness (QED) is 0.341. The Kier molecular flexibility index (Phi) is 7.04. The van der Waals surface area contributed by atoms with Gasteiger partial charge in [0.25, 0.3) is 5.91 Å². The lowest BCUT2D eigenvalue weighted by Gasteiger charge is -2.06. The molecule has 0 atom stereocenters. The molecule has 0 aliphatic heterocycles. The predicted molar refractivity (Wildman–Crippen MR) is 117 cm³/mol. The number of nitrogens with one attached hydrogen (secondary N) is 1. The second-order valence-electron chi connectivity index (χ2n) is 5.98. The van der Waals surface area contributed by atoms with Gasteiger partial charge in [-0.2, -0.15) is 5.10 Å². The van der Waals surface area contributed by atoms with Gasteiger partial charge in [-0.3, -0.25) is 14.2 Å². The van der Waals surface area contributed by atoms with Crippen molar-refractivity contribution in [3.05, 3.63) is 89.9 Å². The fraction of sp³-hybridized carbons (Fsp3) is 0.100. The lowest BCUT2D eigenvalue weighted by Crippen LogP contribution is -2.17. The zero-order valence-corrected chi connectivity index (χ0v) is 17.9. The third kappa shape index (κ3) is 4.96. The third-order valence-electron chi connectivity index (χ3n) is 4.01. The first kappa shape index (κ1) is 21.8. The van der Waals surface area contributed by atoms with E-state index in [1.54, 1.807) is 48.5 Å². The number of aromatic nitrogens is 1. The lowest BCUT2D eigenvalue weighted by molar-refractivity contribution is 0.0600. The number of nitrogens with zero attached hydrogens (tertiary/aromatic N) is 2. The molecule has 7 nitrogen and oxygen atoms in total. The van der Waals surface area contributed by atoms with Crippen LogP contribution in [0.5, 0.6) is 0 Å². The van der Waals surface area contributed by atoms with E-state index >= 15 is 0 Å². The molecule has 0 fully saturated rings. The SMILES string of the molecule is COC(=O)c1cccc(Cn2c(Cl)c(/C=N/NC(=O)c3ccccc3Cl)sc2=O)c1. The molecule has 0 saturated carbocycles. The molecule has 2 aromatic carbocycles. The normalized spacial score (nSPS) is 10.9.